The molecule has 128 valence electrons. The fraction of sp³-hybridized carbons (Fsp3) is 0.643. The molecule has 0 aliphatic carbocycles. The molecule has 2 rings (SSSR count). The second kappa shape index (κ2) is 6.79. The van der Waals surface area contributed by atoms with E-state index in [2.05, 4.69) is 20.0 Å². The summed E-state index contributed by atoms with van der Waals surface area (Å²) in [6, 6.07) is 1.26. The van der Waals surface area contributed by atoms with Crippen molar-refractivity contribution in [2.75, 3.05) is 18.4 Å². The number of sulfonamides is 1. The molecule has 1 fully saturated rings. The fourth-order valence-electron chi connectivity index (χ4n) is 2.13. The summed E-state index contributed by atoms with van der Waals surface area (Å²) in [5.41, 5.74) is 0. The first-order valence-electron chi connectivity index (χ1n) is 7.54. The van der Waals surface area contributed by atoms with Crippen molar-refractivity contribution in [3.05, 3.63) is 18.5 Å². The number of hydrogen-bond acceptors (Lipinski definition) is 5. The first kappa shape index (κ1) is 17.6. The Balaban J connectivity index is 1.85. The van der Waals surface area contributed by atoms with E-state index in [-0.39, 0.29) is 18.0 Å². The van der Waals surface area contributed by atoms with E-state index in [9.17, 15) is 13.2 Å². The molecule has 0 spiro atoms. The third kappa shape index (κ3) is 4.61. The van der Waals surface area contributed by atoms with Gasteiger partial charge in [-0.1, -0.05) is 0 Å². The molecule has 1 aliphatic heterocycles. The van der Waals surface area contributed by atoms with E-state index in [1.165, 1.54) is 0 Å². The van der Waals surface area contributed by atoms with E-state index in [1.54, 1.807) is 44.1 Å². The third-order valence-corrected chi connectivity index (χ3v) is 5.95. The number of urea groups is 1. The molecular weight excluding hydrogens is 318 g/mol. The van der Waals surface area contributed by atoms with E-state index in [4.69, 9.17) is 0 Å². The number of anilines is 1. The summed E-state index contributed by atoms with van der Waals surface area (Å²) < 4.78 is 26.2. The molecule has 1 saturated heterocycles. The van der Waals surface area contributed by atoms with Crippen molar-refractivity contribution in [1.29, 1.82) is 0 Å². The normalized spacial score (nSPS) is 17.1. The van der Waals surface area contributed by atoms with Crippen molar-refractivity contribution in [3.8, 4) is 0 Å². The van der Waals surface area contributed by atoms with Crippen LogP contribution in [0.3, 0.4) is 0 Å². The highest BCUT2D eigenvalue weighted by molar-refractivity contribution is 7.90. The minimum Gasteiger partial charge on any atom is -0.324 e. The maximum atomic E-state index is 12.2. The van der Waals surface area contributed by atoms with Crippen LogP contribution in [0.2, 0.25) is 0 Å². The van der Waals surface area contributed by atoms with Crippen LogP contribution in [0.4, 0.5) is 10.7 Å². The monoisotopic (exact) mass is 341 g/mol. The molecule has 0 atom stereocenters. The van der Waals surface area contributed by atoms with Gasteiger partial charge in [0.1, 0.15) is 0 Å². The summed E-state index contributed by atoms with van der Waals surface area (Å²) >= 11 is 0. The Hall–Kier alpha value is -1.74. The number of nitrogens with one attached hydrogen (secondary N) is 2. The highest BCUT2D eigenvalue weighted by Gasteiger charge is 2.33. The molecule has 0 aromatic carbocycles. The summed E-state index contributed by atoms with van der Waals surface area (Å²) in [5.74, 6) is 0.257. The number of hydrogen-bond donors (Lipinski definition) is 2. The first-order chi connectivity index (χ1) is 10.7. The van der Waals surface area contributed by atoms with Gasteiger partial charge in [0.25, 0.3) is 0 Å². The van der Waals surface area contributed by atoms with E-state index >= 15 is 0 Å². The third-order valence-electron chi connectivity index (χ3n) is 3.69. The molecule has 0 unspecified atom stereocenters. The SMILES string of the molecule is CC(C)(C)S(=O)(=O)NC1CCN(C(=O)Nc2ncccn2)CC1. The number of nitrogens with zero attached hydrogens (tertiary/aromatic N) is 3. The average Bonchev–Trinajstić information content (AvgIpc) is 2.47. The van der Waals surface area contributed by atoms with E-state index in [1.807, 2.05) is 0 Å². The molecule has 1 aromatic heterocycles. The number of carbonyl (C=O) groups is 1. The lowest BCUT2D eigenvalue weighted by atomic mass is 10.1. The summed E-state index contributed by atoms with van der Waals surface area (Å²) in [5, 5.41) is 2.63. The summed E-state index contributed by atoms with van der Waals surface area (Å²) in [6.45, 7) is 5.96. The summed E-state index contributed by atoms with van der Waals surface area (Å²) in [7, 11) is -3.37. The van der Waals surface area contributed by atoms with Crippen molar-refractivity contribution < 1.29 is 13.2 Å². The van der Waals surface area contributed by atoms with E-state index in [0.717, 1.165) is 0 Å². The van der Waals surface area contributed by atoms with Crippen molar-refractivity contribution in [2.45, 2.75) is 44.4 Å². The Labute approximate surface area is 136 Å². The number of aromatic nitrogens is 2. The number of rotatable bonds is 3. The average molecular weight is 341 g/mol. The van der Waals surface area contributed by atoms with Crippen molar-refractivity contribution in [2.24, 2.45) is 0 Å². The van der Waals surface area contributed by atoms with E-state index in [0.29, 0.717) is 25.9 Å². The van der Waals surface area contributed by atoms with Crippen LogP contribution in [-0.2, 0) is 10.0 Å². The smallest absolute Gasteiger partial charge is 0.324 e. The van der Waals surface area contributed by atoms with Gasteiger partial charge in [-0.3, -0.25) is 5.32 Å². The van der Waals surface area contributed by atoms with Crippen molar-refractivity contribution in [3.63, 3.8) is 0 Å². The summed E-state index contributed by atoms with van der Waals surface area (Å²) in [4.78, 5) is 21.6. The lowest BCUT2D eigenvalue weighted by Crippen LogP contribution is -2.50. The van der Waals surface area contributed by atoms with Crippen LogP contribution in [0.5, 0.6) is 0 Å². The molecular formula is C14H23N5O3S. The van der Waals surface area contributed by atoms with Crippen molar-refractivity contribution in [1.82, 2.24) is 19.6 Å². The quantitative estimate of drug-likeness (QED) is 0.859. The number of amides is 2. The van der Waals surface area contributed by atoms with Crippen LogP contribution in [0, 0.1) is 0 Å². The lowest BCUT2D eigenvalue weighted by molar-refractivity contribution is 0.192. The van der Waals surface area contributed by atoms with Gasteiger partial charge in [0, 0.05) is 31.5 Å². The van der Waals surface area contributed by atoms with Gasteiger partial charge in [0.05, 0.1) is 4.75 Å². The van der Waals surface area contributed by atoms with E-state index < -0.39 is 14.8 Å². The van der Waals surface area contributed by atoms with Crippen LogP contribution >= 0.6 is 0 Å². The molecule has 2 heterocycles. The Morgan fingerprint density at radius 3 is 2.30 bits per heavy atom. The highest BCUT2D eigenvalue weighted by atomic mass is 32.2. The molecule has 8 nitrogen and oxygen atoms in total. The molecule has 0 radical (unpaired) electrons. The van der Waals surface area contributed by atoms with Crippen LogP contribution in [-0.4, -0.2) is 53.2 Å². The lowest BCUT2D eigenvalue weighted by Gasteiger charge is -2.33. The topological polar surface area (TPSA) is 104 Å². The van der Waals surface area contributed by atoms with Crippen LogP contribution in [0.25, 0.3) is 0 Å². The fourth-order valence-corrected chi connectivity index (χ4v) is 3.16. The van der Waals surface area contributed by atoms with Crippen LogP contribution < -0.4 is 10.0 Å². The van der Waals surface area contributed by atoms with Crippen molar-refractivity contribution >= 4 is 22.0 Å². The van der Waals surface area contributed by atoms with Gasteiger partial charge in [-0.2, -0.15) is 0 Å². The second-order valence-electron chi connectivity index (χ2n) is 6.50. The zero-order chi connectivity index (χ0) is 17.1. The number of piperidine rings is 1. The minimum atomic E-state index is -3.37. The van der Waals surface area contributed by atoms with Gasteiger partial charge in [0.15, 0.2) is 0 Å². The Kier molecular flexibility index (Phi) is 5.20. The maximum absolute atomic E-state index is 12.2. The highest BCUT2D eigenvalue weighted by Crippen LogP contribution is 2.18. The molecule has 23 heavy (non-hydrogen) atoms. The van der Waals surface area contributed by atoms with Gasteiger partial charge >= 0.3 is 6.03 Å². The molecule has 1 aromatic rings. The largest absolute Gasteiger partial charge is 0.324 e. The molecule has 0 saturated carbocycles. The molecule has 2 N–H and O–H groups in total. The summed E-state index contributed by atoms with van der Waals surface area (Å²) in [6.07, 6.45) is 4.27. The van der Waals surface area contributed by atoms with Gasteiger partial charge in [-0.15, -0.1) is 0 Å². The second-order valence-corrected chi connectivity index (χ2v) is 8.96. The Morgan fingerprint density at radius 1 is 1.22 bits per heavy atom. The Morgan fingerprint density at radius 2 is 1.78 bits per heavy atom. The molecule has 1 aliphatic rings. The molecule has 9 heteroatoms. The van der Waals surface area contributed by atoms with Gasteiger partial charge in [-0.05, 0) is 39.7 Å². The first-order valence-corrected chi connectivity index (χ1v) is 9.02. The molecule has 0 bridgehead atoms. The predicted molar refractivity (Wildman–Crippen MR) is 87.5 cm³/mol. The standard InChI is InChI=1S/C14H23N5O3S/c1-14(2,3)23(21,22)18-11-5-9-19(10-6-11)13(20)17-12-15-7-4-8-16-12/h4,7-8,11,18H,5-6,9-10H2,1-3H3,(H,15,16,17,20). The zero-order valence-electron chi connectivity index (χ0n) is 13.6. The number of carbonyl (C=O) groups excluding carboxylic acids is 1. The number of likely N-dealkylation sites (tertiary alicyclic amines) is 1. The van der Waals surface area contributed by atoms with Crippen LogP contribution in [0.1, 0.15) is 33.6 Å². The Bertz CT molecular complexity index is 634. The minimum absolute atomic E-state index is 0.142. The predicted octanol–water partition coefficient (Wildman–Crippen LogP) is 1.19. The maximum Gasteiger partial charge on any atom is 0.324 e. The van der Waals surface area contributed by atoms with Gasteiger partial charge in [-0.25, -0.2) is 27.9 Å². The van der Waals surface area contributed by atoms with Crippen LogP contribution in [0.15, 0.2) is 18.5 Å². The van der Waals surface area contributed by atoms with Gasteiger partial charge < -0.3 is 4.90 Å². The zero-order valence-corrected chi connectivity index (χ0v) is 14.4. The van der Waals surface area contributed by atoms with Gasteiger partial charge in [0.2, 0.25) is 16.0 Å². The molecule has 2 amide bonds.